The number of urea groups is 1. The summed E-state index contributed by atoms with van der Waals surface area (Å²) < 4.78 is 0. The van der Waals surface area contributed by atoms with Gasteiger partial charge in [0.05, 0.1) is 11.7 Å². The van der Waals surface area contributed by atoms with Crippen LogP contribution in [0.2, 0.25) is 0 Å². The Labute approximate surface area is 172 Å². The third-order valence-electron chi connectivity index (χ3n) is 6.29. The van der Waals surface area contributed by atoms with Crippen LogP contribution in [-0.4, -0.2) is 48.2 Å². The predicted octanol–water partition coefficient (Wildman–Crippen LogP) is 4.01. The van der Waals surface area contributed by atoms with Gasteiger partial charge in [0.1, 0.15) is 0 Å². The standard InChI is InChI=1S/C22H26N4O.ClH/c27-22(23-19-7-2-1-3-8-19)26(21-16-24-13-10-18(21)11-14-24)25-15-12-17-6-4-5-9-20(17)25;/h1-9,18,21H,10-16H2,(H,23,27);1H. The molecule has 0 saturated carbocycles. The maximum atomic E-state index is 13.4. The lowest BCUT2D eigenvalue weighted by Crippen LogP contribution is -2.64. The molecule has 0 aromatic heterocycles. The summed E-state index contributed by atoms with van der Waals surface area (Å²) in [5.41, 5.74) is 3.36. The molecular weight excluding hydrogens is 372 g/mol. The van der Waals surface area contributed by atoms with Crippen molar-refractivity contribution < 1.29 is 4.79 Å². The smallest absolute Gasteiger partial charge is 0.306 e. The Hall–Kier alpha value is -2.24. The number of anilines is 2. The summed E-state index contributed by atoms with van der Waals surface area (Å²) in [6.07, 6.45) is 3.37. The second kappa shape index (κ2) is 8.02. The first-order chi connectivity index (χ1) is 13.3. The molecule has 148 valence electrons. The molecule has 28 heavy (non-hydrogen) atoms. The second-order valence-electron chi connectivity index (χ2n) is 7.85. The molecule has 2 aromatic carbocycles. The van der Waals surface area contributed by atoms with E-state index >= 15 is 0 Å². The molecule has 1 atom stereocenters. The molecule has 0 aliphatic carbocycles. The zero-order valence-corrected chi connectivity index (χ0v) is 16.8. The summed E-state index contributed by atoms with van der Waals surface area (Å²) in [6, 6.07) is 18.5. The average molecular weight is 399 g/mol. The van der Waals surface area contributed by atoms with E-state index in [1.807, 2.05) is 35.3 Å². The summed E-state index contributed by atoms with van der Waals surface area (Å²) in [4.78, 5) is 15.9. The number of hydrogen-bond donors (Lipinski definition) is 1. The molecule has 2 aromatic rings. The predicted molar refractivity (Wildman–Crippen MR) is 115 cm³/mol. The molecule has 4 heterocycles. The molecule has 0 spiro atoms. The highest BCUT2D eigenvalue weighted by Crippen LogP contribution is 2.36. The fourth-order valence-corrected chi connectivity index (χ4v) is 4.90. The van der Waals surface area contributed by atoms with E-state index in [1.54, 1.807) is 0 Å². The van der Waals surface area contributed by atoms with E-state index in [1.165, 1.54) is 37.2 Å². The normalized spacial score (nSPS) is 25.0. The van der Waals surface area contributed by atoms with Gasteiger partial charge < -0.3 is 10.2 Å². The highest BCUT2D eigenvalue weighted by atomic mass is 35.5. The summed E-state index contributed by atoms with van der Waals surface area (Å²) in [6.45, 7) is 4.19. The third kappa shape index (κ3) is 3.45. The Balaban J connectivity index is 0.00000192. The van der Waals surface area contributed by atoms with Crippen LogP contribution >= 0.6 is 12.4 Å². The minimum absolute atomic E-state index is 0. The van der Waals surface area contributed by atoms with Gasteiger partial charge in [0.25, 0.3) is 0 Å². The van der Waals surface area contributed by atoms with Crippen molar-refractivity contribution in [1.82, 2.24) is 9.91 Å². The SMILES string of the molecule is Cl.O=C(Nc1ccccc1)N(C1CN2CCC1CC2)N1CCc2ccccc21. The highest BCUT2D eigenvalue weighted by Gasteiger charge is 2.43. The quantitative estimate of drug-likeness (QED) is 0.848. The van der Waals surface area contributed by atoms with Crippen molar-refractivity contribution in [2.75, 3.05) is 36.5 Å². The van der Waals surface area contributed by atoms with Crippen LogP contribution in [0.3, 0.4) is 0 Å². The molecule has 2 bridgehead atoms. The molecule has 6 heteroatoms. The van der Waals surface area contributed by atoms with E-state index in [0.29, 0.717) is 5.92 Å². The van der Waals surface area contributed by atoms with Gasteiger partial charge in [-0.3, -0.25) is 5.01 Å². The van der Waals surface area contributed by atoms with Crippen LogP contribution in [0.4, 0.5) is 16.2 Å². The maximum Gasteiger partial charge on any atom is 0.340 e. The molecule has 3 saturated heterocycles. The minimum Gasteiger partial charge on any atom is -0.306 e. The summed E-state index contributed by atoms with van der Waals surface area (Å²) >= 11 is 0. The van der Waals surface area contributed by atoms with Crippen LogP contribution in [0, 0.1) is 5.92 Å². The number of para-hydroxylation sites is 2. The molecule has 6 rings (SSSR count). The van der Waals surface area contributed by atoms with Gasteiger partial charge in [-0.1, -0.05) is 36.4 Å². The number of nitrogens with one attached hydrogen (secondary N) is 1. The minimum atomic E-state index is -0.0170. The lowest BCUT2D eigenvalue weighted by Gasteiger charge is -2.51. The number of hydrogen-bond acceptors (Lipinski definition) is 3. The largest absolute Gasteiger partial charge is 0.340 e. The number of halogens is 1. The zero-order chi connectivity index (χ0) is 18.2. The summed E-state index contributed by atoms with van der Waals surface area (Å²) in [5.74, 6) is 0.587. The number of hydrazine groups is 1. The Bertz CT molecular complexity index is 822. The lowest BCUT2D eigenvalue weighted by atomic mass is 9.83. The number of carbonyl (C=O) groups excluding carboxylic acids is 1. The number of rotatable bonds is 3. The Morgan fingerprint density at radius 2 is 1.68 bits per heavy atom. The van der Waals surface area contributed by atoms with Crippen LogP contribution in [-0.2, 0) is 6.42 Å². The Morgan fingerprint density at radius 3 is 2.39 bits per heavy atom. The molecule has 5 nitrogen and oxygen atoms in total. The van der Waals surface area contributed by atoms with Crippen molar-refractivity contribution in [2.24, 2.45) is 5.92 Å². The van der Waals surface area contributed by atoms with E-state index in [-0.39, 0.29) is 24.5 Å². The molecule has 1 unspecified atom stereocenters. The van der Waals surface area contributed by atoms with Gasteiger partial charge in [-0.15, -0.1) is 12.4 Å². The van der Waals surface area contributed by atoms with Gasteiger partial charge in [0.15, 0.2) is 0 Å². The molecular formula is C22H27ClN4O. The lowest BCUT2D eigenvalue weighted by molar-refractivity contribution is 0.0209. The summed E-state index contributed by atoms with van der Waals surface area (Å²) in [5, 5.41) is 7.39. The molecule has 4 aliphatic rings. The number of fused-ring (bicyclic) bond motifs is 4. The average Bonchev–Trinajstić information content (AvgIpc) is 3.14. The zero-order valence-electron chi connectivity index (χ0n) is 16.0. The van der Waals surface area contributed by atoms with E-state index in [2.05, 4.69) is 39.5 Å². The Kier molecular flexibility index (Phi) is 5.47. The third-order valence-corrected chi connectivity index (χ3v) is 6.29. The molecule has 0 radical (unpaired) electrons. The van der Waals surface area contributed by atoms with Crippen LogP contribution in [0.5, 0.6) is 0 Å². The Morgan fingerprint density at radius 1 is 0.964 bits per heavy atom. The number of nitrogens with zero attached hydrogens (tertiary/aromatic N) is 3. The highest BCUT2D eigenvalue weighted by molar-refractivity contribution is 5.91. The van der Waals surface area contributed by atoms with E-state index in [9.17, 15) is 4.79 Å². The maximum absolute atomic E-state index is 13.4. The van der Waals surface area contributed by atoms with Gasteiger partial charge in [0.2, 0.25) is 0 Å². The van der Waals surface area contributed by atoms with Gasteiger partial charge in [-0.05, 0) is 62.0 Å². The number of carbonyl (C=O) groups is 1. The van der Waals surface area contributed by atoms with Crippen molar-refractivity contribution in [3.63, 3.8) is 0 Å². The van der Waals surface area contributed by atoms with Crippen LogP contribution in [0.25, 0.3) is 0 Å². The van der Waals surface area contributed by atoms with Crippen molar-refractivity contribution in [2.45, 2.75) is 25.3 Å². The van der Waals surface area contributed by atoms with E-state index in [0.717, 1.165) is 25.2 Å². The van der Waals surface area contributed by atoms with Crippen LogP contribution in [0.15, 0.2) is 54.6 Å². The molecule has 3 fully saturated rings. The monoisotopic (exact) mass is 398 g/mol. The summed E-state index contributed by atoms with van der Waals surface area (Å²) in [7, 11) is 0. The molecule has 4 aliphatic heterocycles. The van der Waals surface area contributed by atoms with Crippen molar-refractivity contribution in [1.29, 1.82) is 0 Å². The van der Waals surface area contributed by atoms with E-state index < -0.39 is 0 Å². The van der Waals surface area contributed by atoms with Gasteiger partial charge >= 0.3 is 6.03 Å². The van der Waals surface area contributed by atoms with Crippen LogP contribution < -0.4 is 10.3 Å². The van der Waals surface area contributed by atoms with Gasteiger partial charge in [-0.2, -0.15) is 0 Å². The number of piperidine rings is 3. The number of benzene rings is 2. The molecule has 1 N–H and O–H groups in total. The fraction of sp³-hybridized carbons (Fsp3) is 0.409. The van der Waals surface area contributed by atoms with Crippen molar-refractivity contribution in [3.8, 4) is 0 Å². The second-order valence-corrected chi connectivity index (χ2v) is 7.85. The topological polar surface area (TPSA) is 38.8 Å². The van der Waals surface area contributed by atoms with Gasteiger partial charge in [-0.25, -0.2) is 9.80 Å². The van der Waals surface area contributed by atoms with Crippen LogP contribution in [0.1, 0.15) is 18.4 Å². The fourth-order valence-electron chi connectivity index (χ4n) is 4.90. The number of amides is 2. The molecule has 2 amide bonds. The first-order valence-electron chi connectivity index (χ1n) is 10.0. The first kappa shape index (κ1) is 19.1. The van der Waals surface area contributed by atoms with Crippen molar-refractivity contribution in [3.05, 3.63) is 60.2 Å². The first-order valence-corrected chi connectivity index (χ1v) is 10.0. The van der Waals surface area contributed by atoms with Gasteiger partial charge in [0, 0.05) is 18.8 Å². The van der Waals surface area contributed by atoms with E-state index in [4.69, 9.17) is 0 Å². The van der Waals surface area contributed by atoms with Crippen molar-refractivity contribution >= 4 is 29.8 Å².